The summed E-state index contributed by atoms with van der Waals surface area (Å²) < 4.78 is 0. The molecule has 0 spiro atoms. The molecule has 0 N–H and O–H groups in total. The predicted octanol–water partition coefficient (Wildman–Crippen LogP) is 4.75. The van der Waals surface area contributed by atoms with Crippen molar-refractivity contribution in [3.05, 3.63) is 36.0 Å². The van der Waals surface area contributed by atoms with E-state index < -0.39 is 0 Å². The van der Waals surface area contributed by atoms with Crippen molar-refractivity contribution in [1.82, 2.24) is 0 Å². The summed E-state index contributed by atoms with van der Waals surface area (Å²) in [6.45, 7) is 9.44. The highest BCUT2D eigenvalue weighted by Crippen LogP contribution is 2.47. The Morgan fingerprint density at radius 1 is 1.31 bits per heavy atom. The second-order valence-electron chi connectivity index (χ2n) is 6.01. The van der Waals surface area contributed by atoms with Crippen LogP contribution in [0.2, 0.25) is 0 Å². The molecular formula is C16H24. The van der Waals surface area contributed by atoms with Crippen LogP contribution in [-0.4, -0.2) is 0 Å². The fourth-order valence-corrected chi connectivity index (χ4v) is 3.17. The van der Waals surface area contributed by atoms with Gasteiger partial charge in [-0.25, -0.2) is 0 Å². The molecule has 0 saturated carbocycles. The highest BCUT2D eigenvalue weighted by molar-refractivity contribution is 5.28. The summed E-state index contributed by atoms with van der Waals surface area (Å²) in [5.74, 6) is 2.19. The van der Waals surface area contributed by atoms with Crippen LogP contribution >= 0.6 is 0 Å². The van der Waals surface area contributed by atoms with Crippen LogP contribution in [0.5, 0.6) is 0 Å². The van der Waals surface area contributed by atoms with Gasteiger partial charge in [-0.15, -0.1) is 0 Å². The average molecular weight is 216 g/mol. The van der Waals surface area contributed by atoms with Crippen molar-refractivity contribution in [1.29, 1.82) is 0 Å². The topological polar surface area (TPSA) is 0 Å². The van der Waals surface area contributed by atoms with Crippen molar-refractivity contribution in [2.45, 2.75) is 40.5 Å². The van der Waals surface area contributed by atoms with E-state index in [1.54, 1.807) is 0 Å². The van der Waals surface area contributed by atoms with Crippen LogP contribution in [0.15, 0.2) is 36.0 Å². The first-order valence-corrected chi connectivity index (χ1v) is 6.58. The van der Waals surface area contributed by atoms with Crippen molar-refractivity contribution in [2.24, 2.45) is 23.2 Å². The molecule has 0 fully saturated rings. The molecule has 0 aromatic heterocycles. The molecule has 0 nitrogen and oxygen atoms in total. The lowest BCUT2D eigenvalue weighted by Gasteiger charge is -2.44. The Bertz CT molecular complexity index is 341. The van der Waals surface area contributed by atoms with Gasteiger partial charge in [0.25, 0.3) is 0 Å². The van der Waals surface area contributed by atoms with E-state index in [0.29, 0.717) is 11.3 Å². The minimum atomic E-state index is 0.454. The first kappa shape index (κ1) is 11.7. The third-order valence-electron chi connectivity index (χ3n) is 4.75. The Morgan fingerprint density at radius 2 is 2.06 bits per heavy atom. The number of hydrogen-bond acceptors (Lipinski definition) is 0. The number of rotatable bonds is 2. The average Bonchev–Trinajstić information content (AvgIpc) is 2.29. The molecule has 3 atom stereocenters. The molecular weight excluding hydrogens is 192 g/mol. The number of allylic oxidation sites excluding steroid dienone is 6. The van der Waals surface area contributed by atoms with Gasteiger partial charge in [-0.05, 0) is 30.6 Å². The molecule has 2 aliphatic carbocycles. The number of hydrogen-bond donors (Lipinski definition) is 0. The van der Waals surface area contributed by atoms with Crippen molar-refractivity contribution >= 4 is 0 Å². The summed E-state index contributed by atoms with van der Waals surface area (Å²) in [6, 6.07) is 0. The van der Waals surface area contributed by atoms with Gasteiger partial charge in [-0.3, -0.25) is 0 Å². The first-order valence-electron chi connectivity index (χ1n) is 6.58. The van der Waals surface area contributed by atoms with Gasteiger partial charge in [0.05, 0.1) is 0 Å². The second kappa shape index (κ2) is 4.24. The fraction of sp³-hybridized carbons (Fsp3) is 0.625. The SMILES string of the molecule is CCC(C)(C)C1CC=CC2C(C)=CC=CC21. The molecule has 0 aliphatic heterocycles. The van der Waals surface area contributed by atoms with E-state index in [1.807, 2.05) is 0 Å². The van der Waals surface area contributed by atoms with Crippen molar-refractivity contribution in [2.75, 3.05) is 0 Å². The van der Waals surface area contributed by atoms with Crippen molar-refractivity contribution in [3.8, 4) is 0 Å². The maximum absolute atomic E-state index is 2.43. The third-order valence-corrected chi connectivity index (χ3v) is 4.75. The Kier molecular flexibility index (Phi) is 3.10. The zero-order valence-corrected chi connectivity index (χ0v) is 11.0. The van der Waals surface area contributed by atoms with Crippen LogP contribution < -0.4 is 0 Å². The largest absolute Gasteiger partial charge is 0.0876 e. The third kappa shape index (κ3) is 1.90. The summed E-state index contributed by atoms with van der Waals surface area (Å²) >= 11 is 0. The maximum atomic E-state index is 2.43. The Morgan fingerprint density at radius 3 is 2.75 bits per heavy atom. The van der Waals surface area contributed by atoms with E-state index in [0.717, 1.165) is 11.8 Å². The smallest absolute Gasteiger partial charge is 0.00430 e. The molecule has 0 aromatic carbocycles. The van der Waals surface area contributed by atoms with Gasteiger partial charge in [0.1, 0.15) is 0 Å². The van der Waals surface area contributed by atoms with Crippen LogP contribution in [0.25, 0.3) is 0 Å². The standard InChI is InChI=1S/C16H24/c1-5-16(3,4)15-11-7-9-13-12(2)8-6-10-14(13)15/h6-10,13-15H,5,11H2,1-4H3. The molecule has 2 aliphatic rings. The predicted molar refractivity (Wildman–Crippen MR) is 71.2 cm³/mol. The van der Waals surface area contributed by atoms with E-state index in [-0.39, 0.29) is 0 Å². The van der Waals surface area contributed by atoms with E-state index in [4.69, 9.17) is 0 Å². The molecule has 0 heteroatoms. The molecule has 2 rings (SSSR count). The lowest BCUT2D eigenvalue weighted by molar-refractivity contribution is 0.133. The van der Waals surface area contributed by atoms with Crippen LogP contribution in [0.4, 0.5) is 0 Å². The lowest BCUT2D eigenvalue weighted by atomic mass is 9.61. The first-order chi connectivity index (χ1) is 7.56. The normalized spacial score (nSPS) is 33.5. The fourth-order valence-electron chi connectivity index (χ4n) is 3.17. The minimum absolute atomic E-state index is 0.454. The molecule has 0 bridgehead atoms. The van der Waals surface area contributed by atoms with E-state index in [2.05, 4.69) is 58.1 Å². The van der Waals surface area contributed by atoms with Gasteiger partial charge in [-0.2, -0.15) is 0 Å². The Hall–Kier alpha value is -0.780. The van der Waals surface area contributed by atoms with Gasteiger partial charge >= 0.3 is 0 Å². The summed E-state index contributed by atoms with van der Waals surface area (Å²) in [7, 11) is 0. The quantitative estimate of drug-likeness (QED) is 0.584. The molecule has 0 saturated heterocycles. The van der Waals surface area contributed by atoms with E-state index in [9.17, 15) is 0 Å². The molecule has 88 valence electrons. The lowest BCUT2D eigenvalue weighted by Crippen LogP contribution is -2.35. The molecule has 3 unspecified atom stereocenters. The van der Waals surface area contributed by atoms with Gasteiger partial charge in [0, 0.05) is 5.92 Å². The molecule has 0 amide bonds. The van der Waals surface area contributed by atoms with Crippen molar-refractivity contribution < 1.29 is 0 Å². The second-order valence-corrected chi connectivity index (χ2v) is 6.01. The van der Waals surface area contributed by atoms with Gasteiger partial charge in [0.15, 0.2) is 0 Å². The van der Waals surface area contributed by atoms with Crippen LogP contribution in [0.1, 0.15) is 40.5 Å². The van der Waals surface area contributed by atoms with Crippen molar-refractivity contribution in [3.63, 3.8) is 0 Å². The highest BCUT2D eigenvalue weighted by Gasteiger charge is 2.38. The highest BCUT2D eigenvalue weighted by atomic mass is 14.4. The van der Waals surface area contributed by atoms with Crippen LogP contribution in [0, 0.1) is 23.2 Å². The number of fused-ring (bicyclic) bond motifs is 1. The summed E-state index contributed by atoms with van der Waals surface area (Å²) in [5, 5.41) is 0. The zero-order chi connectivity index (χ0) is 11.8. The van der Waals surface area contributed by atoms with Gasteiger partial charge in [0.2, 0.25) is 0 Å². The van der Waals surface area contributed by atoms with Crippen LogP contribution in [-0.2, 0) is 0 Å². The minimum Gasteiger partial charge on any atom is -0.0876 e. The molecule has 0 radical (unpaired) electrons. The summed E-state index contributed by atoms with van der Waals surface area (Å²) in [5.41, 5.74) is 1.98. The summed E-state index contributed by atoms with van der Waals surface area (Å²) in [4.78, 5) is 0. The molecule has 0 aromatic rings. The zero-order valence-electron chi connectivity index (χ0n) is 11.0. The monoisotopic (exact) mass is 216 g/mol. The Labute approximate surface area is 100 Å². The van der Waals surface area contributed by atoms with Gasteiger partial charge in [-0.1, -0.05) is 63.1 Å². The molecule has 0 heterocycles. The maximum Gasteiger partial charge on any atom is 0.00430 e. The Balaban J connectivity index is 2.29. The van der Waals surface area contributed by atoms with E-state index in [1.165, 1.54) is 18.4 Å². The van der Waals surface area contributed by atoms with Gasteiger partial charge < -0.3 is 0 Å². The van der Waals surface area contributed by atoms with Crippen LogP contribution in [0.3, 0.4) is 0 Å². The molecule has 16 heavy (non-hydrogen) atoms. The summed E-state index contributed by atoms with van der Waals surface area (Å²) in [6.07, 6.45) is 14.3. The van der Waals surface area contributed by atoms with E-state index >= 15 is 0 Å².